The maximum absolute atomic E-state index is 12.7. The van der Waals surface area contributed by atoms with Crippen LogP contribution in [0.5, 0.6) is 5.75 Å². The van der Waals surface area contributed by atoms with Crippen molar-refractivity contribution >= 4 is 0 Å². The predicted octanol–water partition coefficient (Wildman–Crippen LogP) is 5.37. The average Bonchev–Trinajstić information content (AvgIpc) is 2.62. The van der Waals surface area contributed by atoms with Gasteiger partial charge in [0.25, 0.3) is 0 Å². The van der Waals surface area contributed by atoms with Crippen molar-refractivity contribution in [2.24, 2.45) is 0 Å². The Bertz CT molecular complexity index is 857. The molecule has 0 aliphatic carbocycles. The number of rotatable bonds is 4. The summed E-state index contributed by atoms with van der Waals surface area (Å²) in [5.74, 6) is 0.726. The van der Waals surface area contributed by atoms with E-state index in [0.717, 1.165) is 40.3 Å². The van der Waals surface area contributed by atoms with E-state index >= 15 is 0 Å². The number of halogens is 3. The van der Waals surface area contributed by atoms with Gasteiger partial charge < -0.3 is 4.74 Å². The van der Waals surface area contributed by atoms with Gasteiger partial charge in [0.05, 0.1) is 18.4 Å². The standard InChI is InChI=1S/C20H16F3NO/c1-25-19-7-3-2-5-17(19)16-6-4-12-24-18(16)13-14-8-10-15(11-9-14)20(21,22)23/h2-12H,13H2,1H3. The molecule has 0 fully saturated rings. The Morgan fingerprint density at radius 2 is 1.56 bits per heavy atom. The highest BCUT2D eigenvalue weighted by Crippen LogP contribution is 2.33. The minimum Gasteiger partial charge on any atom is -0.496 e. The van der Waals surface area contributed by atoms with Crippen molar-refractivity contribution in [2.45, 2.75) is 12.6 Å². The number of alkyl halides is 3. The minimum atomic E-state index is -4.33. The zero-order valence-electron chi connectivity index (χ0n) is 13.5. The van der Waals surface area contributed by atoms with Crippen molar-refractivity contribution in [3.8, 4) is 16.9 Å². The van der Waals surface area contributed by atoms with Crippen LogP contribution in [0.3, 0.4) is 0 Å². The maximum Gasteiger partial charge on any atom is 0.416 e. The van der Waals surface area contributed by atoms with Gasteiger partial charge in [0.1, 0.15) is 5.75 Å². The Balaban J connectivity index is 1.94. The van der Waals surface area contributed by atoms with Crippen LogP contribution in [-0.2, 0) is 12.6 Å². The molecule has 1 aromatic heterocycles. The Kier molecular flexibility index (Phi) is 4.74. The molecule has 128 valence electrons. The molecule has 3 aromatic rings. The maximum atomic E-state index is 12.7. The average molecular weight is 343 g/mol. The number of hydrogen-bond acceptors (Lipinski definition) is 2. The molecule has 5 heteroatoms. The number of pyridine rings is 1. The van der Waals surface area contributed by atoms with E-state index in [1.165, 1.54) is 12.1 Å². The van der Waals surface area contributed by atoms with Gasteiger partial charge in [-0.05, 0) is 29.8 Å². The number of methoxy groups -OCH3 is 1. The van der Waals surface area contributed by atoms with Gasteiger partial charge in [-0.15, -0.1) is 0 Å². The van der Waals surface area contributed by atoms with E-state index in [1.807, 2.05) is 36.4 Å². The number of hydrogen-bond donors (Lipinski definition) is 0. The lowest BCUT2D eigenvalue weighted by Crippen LogP contribution is -2.05. The van der Waals surface area contributed by atoms with Crippen molar-refractivity contribution in [1.29, 1.82) is 0 Å². The van der Waals surface area contributed by atoms with Crippen molar-refractivity contribution < 1.29 is 17.9 Å². The Hall–Kier alpha value is -2.82. The highest BCUT2D eigenvalue weighted by atomic mass is 19.4. The topological polar surface area (TPSA) is 22.1 Å². The summed E-state index contributed by atoms with van der Waals surface area (Å²) in [5.41, 5.74) is 2.71. The summed E-state index contributed by atoms with van der Waals surface area (Å²) in [7, 11) is 1.60. The van der Waals surface area contributed by atoms with Crippen LogP contribution in [-0.4, -0.2) is 12.1 Å². The molecule has 0 unspecified atom stereocenters. The van der Waals surface area contributed by atoms with E-state index in [-0.39, 0.29) is 0 Å². The van der Waals surface area contributed by atoms with Crippen LogP contribution in [0, 0.1) is 0 Å². The molecule has 0 aliphatic heterocycles. The zero-order chi connectivity index (χ0) is 17.9. The molecule has 0 aliphatic rings. The van der Waals surface area contributed by atoms with Gasteiger partial charge in [-0.1, -0.05) is 36.4 Å². The third-order valence-electron chi connectivity index (χ3n) is 3.94. The first kappa shape index (κ1) is 17.0. The van der Waals surface area contributed by atoms with Crippen LogP contribution in [0.1, 0.15) is 16.8 Å². The molecular formula is C20H16F3NO. The summed E-state index contributed by atoms with van der Waals surface area (Å²) >= 11 is 0. The molecule has 0 saturated carbocycles. The van der Waals surface area contributed by atoms with Crippen LogP contribution in [0.4, 0.5) is 13.2 Å². The van der Waals surface area contributed by atoms with Crippen molar-refractivity contribution in [2.75, 3.05) is 7.11 Å². The van der Waals surface area contributed by atoms with Crippen LogP contribution in [0.2, 0.25) is 0 Å². The Labute approximate surface area is 143 Å². The minimum absolute atomic E-state index is 0.437. The van der Waals surface area contributed by atoms with Gasteiger partial charge in [-0.3, -0.25) is 4.98 Å². The van der Waals surface area contributed by atoms with Crippen LogP contribution in [0.25, 0.3) is 11.1 Å². The van der Waals surface area contributed by atoms with Crippen molar-refractivity contribution in [1.82, 2.24) is 4.98 Å². The largest absolute Gasteiger partial charge is 0.496 e. The molecule has 1 heterocycles. The normalized spacial score (nSPS) is 11.4. The number of nitrogens with zero attached hydrogens (tertiary/aromatic N) is 1. The highest BCUT2D eigenvalue weighted by molar-refractivity contribution is 5.72. The molecule has 3 rings (SSSR count). The lowest BCUT2D eigenvalue weighted by atomic mass is 9.98. The monoisotopic (exact) mass is 343 g/mol. The summed E-state index contributed by atoms with van der Waals surface area (Å²) in [6.45, 7) is 0. The van der Waals surface area contributed by atoms with Gasteiger partial charge in [-0.25, -0.2) is 0 Å². The first-order valence-corrected chi connectivity index (χ1v) is 7.72. The van der Waals surface area contributed by atoms with Gasteiger partial charge in [0.15, 0.2) is 0 Å². The third-order valence-corrected chi connectivity index (χ3v) is 3.94. The van der Waals surface area contributed by atoms with E-state index in [2.05, 4.69) is 4.98 Å². The fourth-order valence-electron chi connectivity index (χ4n) is 2.70. The number of benzene rings is 2. The van der Waals surface area contributed by atoms with E-state index < -0.39 is 11.7 Å². The molecular weight excluding hydrogens is 327 g/mol. The molecule has 2 aromatic carbocycles. The molecule has 0 amide bonds. The molecule has 0 saturated heterocycles. The fourth-order valence-corrected chi connectivity index (χ4v) is 2.70. The molecule has 0 radical (unpaired) electrons. The van der Waals surface area contributed by atoms with Crippen molar-refractivity contribution in [3.05, 3.63) is 83.7 Å². The van der Waals surface area contributed by atoms with E-state index in [1.54, 1.807) is 13.3 Å². The summed E-state index contributed by atoms with van der Waals surface area (Å²) in [6.07, 6.45) is -2.21. The summed E-state index contributed by atoms with van der Waals surface area (Å²) in [5, 5.41) is 0. The van der Waals surface area contributed by atoms with Crippen LogP contribution >= 0.6 is 0 Å². The summed E-state index contributed by atoms with van der Waals surface area (Å²) < 4.78 is 43.5. The molecule has 2 nitrogen and oxygen atoms in total. The molecule has 25 heavy (non-hydrogen) atoms. The molecule has 0 spiro atoms. The smallest absolute Gasteiger partial charge is 0.416 e. The zero-order valence-corrected chi connectivity index (χ0v) is 13.5. The van der Waals surface area contributed by atoms with Crippen molar-refractivity contribution in [3.63, 3.8) is 0 Å². The second kappa shape index (κ2) is 6.97. The molecule has 0 atom stereocenters. The SMILES string of the molecule is COc1ccccc1-c1cccnc1Cc1ccc(C(F)(F)F)cc1. The third kappa shape index (κ3) is 3.82. The highest BCUT2D eigenvalue weighted by Gasteiger charge is 2.29. The second-order valence-electron chi connectivity index (χ2n) is 5.57. The van der Waals surface area contributed by atoms with E-state index in [9.17, 15) is 13.2 Å². The van der Waals surface area contributed by atoms with E-state index in [4.69, 9.17) is 4.74 Å². The Morgan fingerprint density at radius 3 is 2.24 bits per heavy atom. The van der Waals surface area contributed by atoms with E-state index in [0.29, 0.717) is 6.42 Å². The second-order valence-corrected chi connectivity index (χ2v) is 5.57. The first-order chi connectivity index (χ1) is 12.0. The lowest BCUT2D eigenvalue weighted by Gasteiger charge is -2.13. The van der Waals surface area contributed by atoms with Gasteiger partial charge >= 0.3 is 6.18 Å². The number of ether oxygens (including phenoxy) is 1. The van der Waals surface area contributed by atoms with Crippen LogP contribution < -0.4 is 4.74 Å². The predicted molar refractivity (Wildman–Crippen MR) is 90.5 cm³/mol. The number of para-hydroxylation sites is 1. The molecule has 0 N–H and O–H groups in total. The van der Waals surface area contributed by atoms with Gasteiger partial charge in [-0.2, -0.15) is 13.2 Å². The fraction of sp³-hybridized carbons (Fsp3) is 0.150. The summed E-state index contributed by atoms with van der Waals surface area (Å²) in [6, 6.07) is 16.5. The van der Waals surface area contributed by atoms with Crippen LogP contribution in [0.15, 0.2) is 66.9 Å². The first-order valence-electron chi connectivity index (χ1n) is 7.72. The molecule has 0 bridgehead atoms. The quantitative estimate of drug-likeness (QED) is 0.636. The Morgan fingerprint density at radius 1 is 0.880 bits per heavy atom. The lowest BCUT2D eigenvalue weighted by molar-refractivity contribution is -0.137. The number of aromatic nitrogens is 1. The van der Waals surface area contributed by atoms with Gasteiger partial charge in [0, 0.05) is 23.7 Å². The van der Waals surface area contributed by atoms with Gasteiger partial charge in [0.2, 0.25) is 0 Å². The summed E-state index contributed by atoms with van der Waals surface area (Å²) in [4.78, 5) is 4.42.